The Morgan fingerprint density at radius 2 is 1.13 bits per heavy atom. The van der Waals surface area contributed by atoms with Crippen LogP contribution >= 0.6 is 7.92 Å². The van der Waals surface area contributed by atoms with Gasteiger partial charge in [0.1, 0.15) is 0 Å². The van der Waals surface area contributed by atoms with Crippen LogP contribution in [0, 0.1) is 0 Å². The Balaban J connectivity index is 0.00000192. The van der Waals surface area contributed by atoms with Crippen molar-refractivity contribution in [2.45, 2.75) is 0 Å². The van der Waals surface area contributed by atoms with E-state index in [0.717, 1.165) is 15.9 Å². The number of aromatic carboxylic acids is 1. The third-order valence-electron chi connectivity index (χ3n) is 3.40. The molecule has 0 amide bonds. The zero-order chi connectivity index (χ0) is 15.4. The third kappa shape index (κ3) is 3.88. The molecule has 2 nitrogen and oxygen atoms in total. The second-order valence-electron chi connectivity index (χ2n) is 4.83. The zero-order valence-electron chi connectivity index (χ0n) is 12.2. The van der Waals surface area contributed by atoms with Crippen molar-refractivity contribution in [3.63, 3.8) is 0 Å². The molecular formula is C19H15NiO2P. The predicted molar refractivity (Wildman–Crippen MR) is 92.1 cm³/mol. The van der Waals surface area contributed by atoms with Gasteiger partial charge >= 0.3 is 5.97 Å². The molecule has 0 aliphatic carbocycles. The Kier molecular flexibility index (Phi) is 6.10. The number of carbonyl (C=O) groups is 1. The Labute approximate surface area is 146 Å². The first kappa shape index (κ1) is 17.4. The van der Waals surface area contributed by atoms with Gasteiger partial charge in [0.05, 0.1) is 5.56 Å². The summed E-state index contributed by atoms with van der Waals surface area (Å²) in [6.07, 6.45) is 0. The van der Waals surface area contributed by atoms with Gasteiger partial charge in [0.2, 0.25) is 0 Å². The fourth-order valence-electron chi connectivity index (χ4n) is 2.43. The monoisotopic (exact) mass is 364 g/mol. The summed E-state index contributed by atoms with van der Waals surface area (Å²) >= 11 is 0. The van der Waals surface area contributed by atoms with Crippen molar-refractivity contribution in [3.8, 4) is 0 Å². The standard InChI is InChI=1S/C19H15O2P.Ni/c20-19(21)17-13-7-8-14-18(17)22(15-9-3-1-4-10-15)16-11-5-2-6-12-16;/h1-14H,(H,20,21);. The van der Waals surface area contributed by atoms with Crippen LogP contribution in [0.3, 0.4) is 0 Å². The van der Waals surface area contributed by atoms with Crippen molar-refractivity contribution < 1.29 is 26.4 Å². The average Bonchev–Trinajstić information content (AvgIpc) is 2.57. The molecule has 3 aromatic carbocycles. The van der Waals surface area contributed by atoms with Gasteiger partial charge < -0.3 is 5.11 Å². The van der Waals surface area contributed by atoms with Gasteiger partial charge in [-0.25, -0.2) is 4.79 Å². The van der Waals surface area contributed by atoms with Gasteiger partial charge in [-0.15, -0.1) is 0 Å². The quantitative estimate of drug-likeness (QED) is 0.570. The van der Waals surface area contributed by atoms with Crippen molar-refractivity contribution in [1.82, 2.24) is 0 Å². The first-order valence-electron chi connectivity index (χ1n) is 7.00. The van der Waals surface area contributed by atoms with E-state index < -0.39 is 13.9 Å². The smallest absolute Gasteiger partial charge is 0.336 e. The first-order chi connectivity index (χ1) is 10.8. The molecule has 0 saturated heterocycles. The van der Waals surface area contributed by atoms with Crippen LogP contribution in [0.25, 0.3) is 0 Å². The minimum Gasteiger partial charge on any atom is -0.478 e. The molecule has 0 aliphatic rings. The largest absolute Gasteiger partial charge is 0.478 e. The molecule has 0 heterocycles. The second kappa shape index (κ2) is 8.06. The first-order valence-corrected chi connectivity index (χ1v) is 8.34. The van der Waals surface area contributed by atoms with Crippen LogP contribution in [0.15, 0.2) is 84.9 Å². The summed E-state index contributed by atoms with van der Waals surface area (Å²) in [4.78, 5) is 11.6. The van der Waals surface area contributed by atoms with Crippen molar-refractivity contribution >= 4 is 29.8 Å². The van der Waals surface area contributed by atoms with Gasteiger partial charge in [-0.05, 0) is 29.9 Å². The van der Waals surface area contributed by atoms with Crippen LogP contribution < -0.4 is 15.9 Å². The number of benzene rings is 3. The van der Waals surface area contributed by atoms with E-state index in [0.29, 0.717) is 5.56 Å². The molecular weight excluding hydrogens is 350 g/mol. The number of hydrogen-bond acceptors (Lipinski definition) is 1. The molecule has 4 heteroatoms. The zero-order valence-corrected chi connectivity index (χ0v) is 14.1. The normalized spacial score (nSPS) is 10.1. The van der Waals surface area contributed by atoms with Crippen molar-refractivity contribution in [2.24, 2.45) is 0 Å². The third-order valence-corrected chi connectivity index (χ3v) is 5.91. The molecule has 0 saturated carbocycles. The number of carboxylic acid groups (broad SMARTS) is 1. The Morgan fingerprint density at radius 1 is 0.696 bits per heavy atom. The van der Waals surface area contributed by atoms with E-state index in [1.807, 2.05) is 48.5 Å². The van der Waals surface area contributed by atoms with Crippen LogP contribution in [-0.2, 0) is 16.5 Å². The molecule has 0 fully saturated rings. The van der Waals surface area contributed by atoms with Gasteiger partial charge in [-0.3, -0.25) is 0 Å². The summed E-state index contributed by atoms with van der Waals surface area (Å²) in [5.41, 5.74) is 0.376. The van der Waals surface area contributed by atoms with E-state index >= 15 is 0 Å². The van der Waals surface area contributed by atoms with Gasteiger partial charge in [0.25, 0.3) is 0 Å². The molecule has 0 unspecified atom stereocenters. The fraction of sp³-hybridized carbons (Fsp3) is 0. The molecule has 0 aliphatic heterocycles. The molecule has 1 N–H and O–H groups in total. The van der Waals surface area contributed by atoms with Crippen LogP contribution in [0.2, 0.25) is 0 Å². The molecule has 0 bridgehead atoms. The van der Waals surface area contributed by atoms with E-state index in [9.17, 15) is 9.90 Å². The van der Waals surface area contributed by atoms with Gasteiger partial charge in [0, 0.05) is 16.5 Å². The number of carboxylic acids is 1. The number of rotatable bonds is 4. The molecule has 23 heavy (non-hydrogen) atoms. The molecule has 3 rings (SSSR count). The van der Waals surface area contributed by atoms with Crippen molar-refractivity contribution in [3.05, 3.63) is 90.5 Å². The molecule has 118 valence electrons. The summed E-state index contributed by atoms with van der Waals surface area (Å²) in [5, 5.41) is 12.7. The average molecular weight is 365 g/mol. The molecule has 0 aromatic heterocycles. The minimum absolute atomic E-state index is 0. The summed E-state index contributed by atoms with van der Waals surface area (Å²) in [7, 11) is -0.880. The summed E-state index contributed by atoms with van der Waals surface area (Å²) in [6.45, 7) is 0. The van der Waals surface area contributed by atoms with E-state index in [1.54, 1.807) is 12.1 Å². The summed E-state index contributed by atoms with van der Waals surface area (Å²) in [5.74, 6) is -0.880. The Morgan fingerprint density at radius 3 is 1.61 bits per heavy atom. The maximum atomic E-state index is 11.6. The predicted octanol–water partition coefficient (Wildman–Crippen LogP) is 3.14. The van der Waals surface area contributed by atoms with Gasteiger partial charge in [0.15, 0.2) is 0 Å². The fourth-order valence-corrected chi connectivity index (χ4v) is 4.87. The SMILES string of the molecule is O=C(O)c1ccccc1P(c1ccccc1)c1ccccc1.[Ni]. The van der Waals surface area contributed by atoms with Crippen LogP contribution in [0.5, 0.6) is 0 Å². The molecule has 0 spiro atoms. The van der Waals surface area contributed by atoms with Crippen molar-refractivity contribution in [1.29, 1.82) is 0 Å². The maximum Gasteiger partial charge on any atom is 0.336 e. The molecule has 0 atom stereocenters. The van der Waals surface area contributed by atoms with E-state index in [-0.39, 0.29) is 16.5 Å². The summed E-state index contributed by atoms with van der Waals surface area (Å²) in [6, 6.07) is 27.5. The maximum absolute atomic E-state index is 11.6. The van der Waals surface area contributed by atoms with E-state index in [4.69, 9.17) is 0 Å². The van der Waals surface area contributed by atoms with Crippen LogP contribution in [0.1, 0.15) is 10.4 Å². The Bertz CT molecular complexity index is 736. The van der Waals surface area contributed by atoms with E-state index in [2.05, 4.69) is 24.3 Å². The number of hydrogen-bond donors (Lipinski definition) is 1. The Hall–Kier alpha value is -1.95. The molecule has 0 radical (unpaired) electrons. The van der Waals surface area contributed by atoms with Crippen molar-refractivity contribution in [2.75, 3.05) is 0 Å². The second-order valence-corrected chi connectivity index (χ2v) is 7.01. The summed E-state index contributed by atoms with van der Waals surface area (Å²) < 4.78 is 0. The minimum atomic E-state index is -0.880. The van der Waals surface area contributed by atoms with Gasteiger partial charge in [-0.1, -0.05) is 78.9 Å². The topological polar surface area (TPSA) is 37.3 Å². The van der Waals surface area contributed by atoms with Crippen LogP contribution in [0.4, 0.5) is 0 Å². The van der Waals surface area contributed by atoms with Crippen LogP contribution in [-0.4, -0.2) is 11.1 Å². The van der Waals surface area contributed by atoms with Gasteiger partial charge in [-0.2, -0.15) is 0 Å². The van der Waals surface area contributed by atoms with E-state index in [1.165, 1.54) is 0 Å². The molecule has 3 aromatic rings.